The molecule has 100 valence electrons. The van der Waals surface area contributed by atoms with Crippen LogP contribution in [0.4, 0.5) is 10.5 Å². The molecule has 1 aromatic carbocycles. The highest BCUT2D eigenvalue weighted by atomic mass is 16.2. The van der Waals surface area contributed by atoms with Gasteiger partial charge in [-0.3, -0.25) is 9.69 Å². The van der Waals surface area contributed by atoms with Crippen LogP contribution in [0.3, 0.4) is 0 Å². The minimum Gasteiger partial charge on any atom is -0.376 e. The van der Waals surface area contributed by atoms with Crippen molar-refractivity contribution in [3.63, 3.8) is 0 Å². The first-order valence-electron chi connectivity index (χ1n) is 6.68. The number of carbonyl (C=O) groups excluding carboxylic acids is 2. The van der Waals surface area contributed by atoms with Crippen LogP contribution in [-0.2, 0) is 17.6 Å². The summed E-state index contributed by atoms with van der Waals surface area (Å²) in [5, 5.41) is 5.72. The first-order chi connectivity index (χ1) is 9.24. The van der Waals surface area contributed by atoms with Crippen molar-refractivity contribution < 1.29 is 9.59 Å². The Morgan fingerprint density at radius 3 is 2.95 bits per heavy atom. The van der Waals surface area contributed by atoms with Crippen LogP contribution >= 0.6 is 0 Å². The lowest BCUT2D eigenvalue weighted by Gasteiger charge is -2.13. The molecule has 1 aliphatic heterocycles. The highest BCUT2D eigenvalue weighted by molar-refractivity contribution is 5.97. The fourth-order valence-electron chi connectivity index (χ4n) is 2.66. The van der Waals surface area contributed by atoms with Gasteiger partial charge in [0.15, 0.2) is 0 Å². The molecule has 1 heterocycles. The van der Waals surface area contributed by atoms with E-state index in [9.17, 15) is 9.59 Å². The lowest BCUT2D eigenvalue weighted by atomic mass is 10.1. The normalized spacial score (nSPS) is 17.3. The molecule has 1 fully saturated rings. The molecule has 3 rings (SSSR count). The van der Waals surface area contributed by atoms with E-state index in [1.165, 1.54) is 22.4 Å². The second-order valence-electron chi connectivity index (χ2n) is 4.97. The van der Waals surface area contributed by atoms with E-state index >= 15 is 0 Å². The number of hydrogen-bond acceptors (Lipinski definition) is 3. The number of nitrogens with zero attached hydrogens (tertiary/aromatic N) is 1. The van der Waals surface area contributed by atoms with E-state index in [4.69, 9.17) is 0 Å². The number of carbonyl (C=O) groups is 2. The fourth-order valence-corrected chi connectivity index (χ4v) is 2.66. The molecule has 0 aromatic heterocycles. The number of hydrogen-bond donors (Lipinski definition) is 2. The molecule has 3 amide bonds. The fraction of sp³-hybridized carbons (Fsp3) is 0.429. The number of amides is 3. The Bertz CT molecular complexity index is 527. The molecule has 1 aliphatic carbocycles. The third-order valence-electron chi connectivity index (χ3n) is 3.70. The standard InChI is InChI=1S/C14H17N3O2/c18-13(17-7-6-15-14(17)19)9-16-12-5-4-10-2-1-3-11(10)8-12/h4-5,8,16H,1-3,6-7,9H2,(H,15,19). The van der Waals surface area contributed by atoms with Crippen LogP contribution in [0.25, 0.3) is 0 Å². The molecule has 1 aromatic rings. The maximum absolute atomic E-state index is 11.9. The van der Waals surface area contributed by atoms with Crippen LogP contribution < -0.4 is 10.6 Å². The van der Waals surface area contributed by atoms with Gasteiger partial charge in [0.1, 0.15) is 0 Å². The number of rotatable bonds is 3. The summed E-state index contributed by atoms with van der Waals surface area (Å²) in [4.78, 5) is 24.5. The molecule has 1 saturated heterocycles. The summed E-state index contributed by atoms with van der Waals surface area (Å²) in [6.07, 6.45) is 3.49. The third-order valence-corrected chi connectivity index (χ3v) is 3.70. The smallest absolute Gasteiger partial charge is 0.324 e. The van der Waals surface area contributed by atoms with Crippen molar-refractivity contribution in [2.24, 2.45) is 0 Å². The van der Waals surface area contributed by atoms with Gasteiger partial charge >= 0.3 is 6.03 Å². The number of nitrogens with one attached hydrogen (secondary N) is 2. The number of aryl methyl sites for hydroxylation is 2. The van der Waals surface area contributed by atoms with Gasteiger partial charge in [-0.1, -0.05) is 6.07 Å². The molecule has 0 unspecified atom stereocenters. The highest BCUT2D eigenvalue weighted by Gasteiger charge is 2.25. The van der Waals surface area contributed by atoms with Crippen molar-refractivity contribution in [2.45, 2.75) is 19.3 Å². The Balaban J connectivity index is 1.60. The minimum atomic E-state index is -0.291. The van der Waals surface area contributed by atoms with Gasteiger partial charge in [0.05, 0.1) is 6.54 Å². The van der Waals surface area contributed by atoms with E-state index in [1.54, 1.807) is 0 Å². The van der Waals surface area contributed by atoms with Crippen molar-refractivity contribution in [1.29, 1.82) is 0 Å². The Hall–Kier alpha value is -2.04. The molecule has 0 atom stereocenters. The van der Waals surface area contributed by atoms with Crippen LogP contribution in [-0.4, -0.2) is 36.5 Å². The lowest BCUT2D eigenvalue weighted by Crippen LogP contribution is -2.38. The lowest BCUT2D eigenvalue weighted by molar-refractivity contribution is -0.125. The summed E-state index contributed by atoms with van der Waals surface area (Å²) in [7, 11) is 0. The van der Waals surface area contributed by atoms with Gasteiger partial charge in [-0.25, -0.2) is 4.79 Å². The van der Waals surface area contributed by atoms with Crippen LogP contribution in [0, 0.1) is 0 Å². The number of imide groups is 1. The zero-order valence-corrected chi connectivity index (χ0v) is 10.7. The maximum Gasteiger partial charge on any atom is 0.324 e. The average molecular weight is 259 g/mol. The van der Waals surface area contributed by atoms with E-state index < -0.39 is 0 Å². The molecular formula is C14H17N3O2. The molecular weight excluding hydrogens is 242 g/mol. The maximum atomic E-state index is 11.9. The van der Waals surface area contributed by atoms with E-state index in [1.807, 2.05) is 6.07 Å². The van der Waals surface area contributed by atoms with Crippen molar-refractivity contribution >= 4 is 17.6 Å². The number of urea groups is 1. The van der Waals surface area contributed by atoms with E-state index in [0.717, 1.165) is 18.5 Å². The summed E-state index contributed by atoms with van der Waals surface area (Å²) in [5.74, 6) is -0.185. The van der Waals surface area contributed by atoms with Crippen molar-refractivity contribution in [3.05, 3.63) is 29.3 Å². The van der Waals surface area contributed by atoms with Gasteiger partial charge in [-0.15, -0.1) is 0 Å². The number of fused-ring (bicyclic) bond motifs is 1. The predicted octanol–water partition coefficient (Wildman–Crippen LogP) is 1.14. The second-order valence-corrected chi connectivity index (χ2v) is 4.97. The number of anilines is 1. The van der Waals surface area contributed by atoms with Crippen molar-refractivity contribution in [2.75, 3.05) is 25.0 Å². The van der Waals surface area contributed by atoms with Crippen LogP contribution in [0.2, 0.25) is 0 Å². The molecule has 0 spiro atoms. The van der Waals surface area contributed by atoms with Gasteiger partial charge in [0.25, 0.3) is 0 Å². The summed E-state index contributed by atoms with van der Waals surface area (Å²) < 4.78 is 0. The van der Waals surface area contributed by atoms with E-state index in [-0.39, 0.29) is 18.5 Å². The van der Waals surface area contributed by atoms with Gasteiger partial charge in [0, 0.05) is 18.8 Å². The quantitative estimate of drug-likeness (QED) is 0.855. The SMILES string of the molecule is O=C(CNc1ccc2c(c1)CCC2)N1CCNC1=O. The first kappa shape index (κ1) is 12.0. The Labute approximate surface area is 112 Å². The van der Waals surface area contributed by atoms with Crippen molar-refractivity contribution in [3.8, 4) is 0 Å². The molecule has 2 aliphatic rings. The molecule has 5 heteroatoms. The Morgan fingerprint density at radius 2 is 2.16 bits per heavy atom. The Kier molecular flexibility index (Phi) is 3.11. The van der Waals surface area contributed by atoms with Gasteiger partial charge < -0.3 is 10.6 Å². The molecule has 0 radical (unpaired) electrons. The summed E-state index contributed by atoms with van der Waals surface area (Å²) in [6, 6.07) is 5.94. The summed E-state index contributed by atoms with van der Waals surface area (Å²) in [6.45, 7) is 1.17. The van der Waals surface area contributed by atoms with Crippen LogP contribution in [0.15, 0.2) is 18.2 Å². The number of benzene rings is 1. The van der Waals surface area contributed by atoms with E-state index in [0.29, 0.717) is 13.1 Å². The van der Waals surface area contributed by atoms with E-state index in [2.05, 4.69) is 22.8 Å². The Morgan fingerprint density at radius 1 is 1.32 bits per heavy atom. The zero-order valence-electron chi connectivity index (χ0n) is 10.7. The second kappa shape index (κ2) is 4.91. The topological polar surface area (TPSA) is 61.4 Å². The monoisotopic (exact) mass is 259 g/mol. The molecule has 0 saturated carbocycles. The molecule has 2 N–H and O–H groups in total. The van der Waals surface area contributed by atoms with Crippen LogP contribution in [0.5, 0.6) is 0 Å². The summed E-state index contributed by atoms with van der Waals surface area (Å²) in [5.41, 5.74) is 3.74. The highest BCUT2D eigenvalue weighted by Crippen LogP contribution is 2.24. The zero-order chi connectivity index (χ0) is 13.2. The third kappa shape index (κ3) is 2.41. The average Bonchev–Trinajstić information content (AvgIpc) is 3.03. The van der Waals surface area contributed by atoms with Gasteiger partial charge in [-0.05, 0) is 42.5 Å². The van der Waals surface area contributed by atoms with Crippen molar-refractivity contribution in [1.82, 2.24) is 10.2 Å². The van der Waals surface area contributed by atoms with Crippen LogP contribution in [0.1, 0.15) is 17.5 Å². The van der Waals surface area contributed by atoms with Gasteiger partial charge in [-0.2, -0.15) is 0 Å². The predicted molar refractivity (Wildman–Crippen MR) is 72.1 cm³/mol. The molecule has 5 nitrogen and oxygen atoms in total. The first-order valence-corrected chi connectivity index (χ1v) is 6.68. The largest absolute Gasteiger partial charge is 0.376 e. The van der Waals surface area contributed by atoms with Gasteiger partial charge in [0.2, 0.25) is 5.91 Å². The molecule has 0 bridgehead atoms. The summed E-state index contributed by atoms with van der Waals surface area (Å²) >= 11 is 0. The minimum absolute atomic E-state index is 0.159. The molecule has 19 heavy (non-hydrogen) atoms.